The lowest BCUT2D eigenvalue weighted by atomic mass is 10.0. The Morgan fingerprint density at radius 3 is 1.42 bits per heavy atom. The Morgan fingerprint density at radius 2 is 0.979 bits per heavy atom. The van der Waals surface area contributed by atoms with Gasteiger partial charge in [0.2, 0.25) is 0 Å². The highest BCUT2D eigenvalue weighted by Crippen LogP contribution is 2.37. The standard InChI is InChI=1S/C40H77O7P/c1-4-7-9-11-13-15-17-19-20-22-24-26-28-30-32-34-40(42)47-38(35-36-48(43,44)46-6-3)37-45-39(41)33-31-29-27-25-23-21-18-16-14-12-10-8-5-2/h19-20,38H,4-18,21-37H2,1-3H3,(H,43,44)/p-1/b20-19-/t38-/m0/s1. The van der Waals surface area contributed by atoms with Crippen LogP contribution in [0, 0.1) is 0 Å². The van der Waals surface area contributed by atoms with E-state index in [0.717, 1.165) is 51.4 Å². The van der Waals surface area contributed by atoms with Gasteiger partial charge in [-0.2, -0.15) is 0 Å². The van der Waals surface area contributed by atoms with Gasteiger partial charge in [0, 0.05) is 19.0 Å². The molecule has 0 spiro atoms. The molecule has 0 bridgehead atoms. The molecule has 0 aromatic rings. The molecule has 0 aliphatic rings. The van der Waals surface area contributed by atoms with Gasteiger partial charge in [0.1, 0.15) is 20.3 Å². The highest BCUT2D eigenvalue weighted by Gasteiger charge is 2.20. The number of carbonyl (C=O) groups excluding carboxylic acids is 2. The largest absolute Gasteiger partial charge is 0.778 e. The van der Waals surface area contributed by atoms with Crippen molar-refractivity contribution in [3.8, 4) is 0 Å². The van der Waals surface area contributed by atoms with Crippen LogP contribution in [-0.2, 0) is 28.2 Å². The van der Waals surface area contributed by atoms with E-state index >= 15 is 0 Å². The molecular formula is C40H76O7P-. The summed E-state index contributed by atoms with van der Waals surface area (Å²) < 4.78 is 27.9. The van der Waals surface area contributed by atoms with E-state index in [1.807, 2.05) is 0 Å². The van der Waals surface area contributed by atoms with Crippen LogP contribution in [0.1, 0.15) is 207 Å². The number of ether oxygens (including phenoxy) is 2. The molecule has 48 heavy (non-hydrogen) atoms. The zero-order valence-corrected chi connectivity index (χ0v) is 32.6. The van der Waals surface area contributed by atoms with Gasteiger partial charge in [0.05, 0.1) is 6.61 Å². The van der Waals surface area contributed by atoms with Crippen LogP contribution >= 0.6 is 7.60 Å². The third kappa shape index (κ3) is 34.7. The van der Waals surface area contributed by atoms with Crippen molar-refractivity contribution in [1.29, 1.82) is 0 Å². The van der Waals surface area contributed by atoms with Crippen molar-refractivity contribution in [3.63, 3.8) is 0 Å². The minimum atomic E-state index is -4.02. The van der Waals surface area contributed by atoms with E-state index in [9.17, 15) is 19.0 Å². The molecule has 0 aliphatic carbocycles. The van der Waals surface area contributed by atoms with Crippen molar-refractivity contribution in [3.05, 3.63) is 12.2 Å². The molecule has 1 unspecified atom stereocenters. The second-order valence-corrected chi connectivity index (χ2v) is 15.6. The number of hydrogen-bond donors (Lipinski definition) is 0. The Kier molecular flexibility index (Phi) is 34.8. The number of carbonyl (C=O) groups is 2. The predicted octanol–water partition coefficient (Wildman–Crippen LogP) is 11.9. The SMILES string of the molecule is CCCCCCCC/C=C\CCCCCCCC(=O)O[C@@H](CCP(=O)([O-])OCC)COC(=O)CCCCCCCCCCCCCCC. The van der Waals surface area contributed by atoms with Gasteiger partial charge in [-0.3, -0.25) is 9.59 Å². The summed E-state index contributed by atoms with van der Waals surface area (Å²) >= 11 is 0. The zero-order chi connectivity index (χ0) is 35.4. The molecule has 2 atom stereocenters. The molecule has 8 heteroatoms. The Hall–Kier alpha value is -1.17. The molecule has 0 heterocycles. The molecule has 0 aromatic heterocycles. The fraction of sp³-hybridized carbons (Fsp3) is 0.900. The summed E-state index contributed by atoms with van der Waals surface area (Å²) in [5.41, 5.74) is 0. The Balaban J connectivity index is 4.12. The minimum absolute atomic E-state index is 0.0465. The molecule has 0 saturated carbocycles. The van der Waals surface area contributed by atoms with Gasteiger partial charge in [0.25, 0.3) is 0 Å². The number of allylic oxidation sites excluding steroid dienone is 2. The van der Waals surface area contributed by atoms with Gasteiger partial charge >= 0.3 is 11.9 Å². The van der Waals surface area contributed by atoms with Crippen molar-refractivity contribution < 1.29 is 33.0 Å². The monoisotopic (exact) mass is 700 g/mol. The van der Waals surface area contributed by atoms with Crippen molar-refractivity contribution in [2.45, 2.75) is 213 Å². The molecule has 0 amide bonds. The van der Waals surface area contributed by atoms with Crippen molar-refractivity contribution in [2.24, 2.45) is 0 Å². The fourth-order valence-electron chi connectivity index (χ4n) is 5.87. The second kappa shape index (κ2) is 35.6. The quantitative estimate of drug-likeness (QED) is 0.0275. The first kappa shape index (κ1) is 46.8. The topological polar surface area (TPSA) is 102 Å². The van der Waals surface area contributed by atoms with Crippen LogP contribution in [0.15, 0.2) is 12.2 Å². The van der Waals surface area contributed by atoms with E-state index in [0.29, 0.717) is 6.42 Å². The molecule has 0 N–H and O–H groups in total. The predicted molar refractivity (Wildman–Crippen MR) is 199 cm³/mol. The van der Waals surface area contributed by atoms with E-state index in [1.54, 1.807) is 6.92 Å². The van der Waals surface area contributed by atoms with E-state index in [4.69, 9.17) is 14.0 Å². The van der Waals surface area contributed by atoms with Gasteiger partial charge in [0.15, 0.2) is 0 Å². The summed E-state index contributed by atoms with van der Waals surface area (Å²) in [5, 5.41) is 0. The normalized spacial score (nSPS) is 13.5. The summed E-state index contributed by atoms with van der Waals surface area (Å²) in [7, 11) is -4.02. The van der Waals surface area contributed by atoms with Crippen LogP contribution < -0.4 is 4.89 Å². The van der Waals surface area contributed by atoms with Gasteiger partial charge in [-0.15, -0.1) is 0 Å². The third-order valence-electron chi connectivity index (χ3n) is 8.91. The number of hydrogen-bond acceptors (Lipinski definition) is 7. The fourth-order valence-corrected chi connectivity index (χ4v) is 7.00. The molecule has 0 aliphatic heterocycles. The van der Waals surface area contributed by atoms with Crippen molar-refractivity contribution >= 4 is 19.5 Å². The average Bonchev–Trinajstić information content (AvgIpc) is 3.06. The summed E-state index contributed by atoms with van der Waals surface area (Å²) in [5.74, 6) is -0.700. The first-order valence-electron chi connectivity index (χ1n) is 20.3. The summed E-state index contributed by atoms with van der Waals surface area (Å²) in [6, 6.07) is 0. The maximum Gasteiger partial charge on any atom is 0.306 e. The van der Waals surface area contributed by atoms with Gasteiger partial charge in [-0.05, 0) is 51.9 Å². The van der Waals surface area contributed by atoms with Gasteiger partial charge in [-0.1, -0.05) is 154 Å². The van der Waals surface area contributed by atoms with Crippen molar-refractivity contribution in [1.82, 2.24) is 0 Å². The lowest BCUT2D eigenvalue weighted by Crippen LogP contribution is -2.27. The highest BCUT2D eigenvalue weighted by atomic mass is 31.2. The Labute approximate surface area is 296 Å². The lowest BCUT2D eigenvalue weighted by Gasteiger charge is -2.25. The third-order valence-corrected chi connectivity index (χ3v) is 10.4. The summed E-state index contributed by atoms with van der Waals surface area (Å²) in [6.07, 6.45) is 35.7. The summed E-state index contributed by atoms with van der Waals surface area (Å²) in [4.78, 5) is 37.0. The van der Waals surface area contributed by atoms with E-state index in [2.05, 4.69) is 26.0 Å². The highest BCUT2D eigenvalue weighted by molar-refractivity contribution is 7.51. The molecule has 0 fully saturated rings. The number of esters is 2. The van der Waals surface area contributed by atoms with E-state index in [1.165, 1.54) is 116 Å². The van der Waals surface area contributed by atoms with Crippen LogP contribution in [0.5, 0.6) is 0 Å². The molecule has 284 valence electrons. The average molecular weight is 700 g/mol. The number of rotatable bonds is 37. The van der Waals surface area contributed by atoms with Crippen LogP contribution in [0.3, 0.4) is 0 Å². The molecule has 0 saturated heterocycles. The van der Waals surface area contributed by atoms with Crippen molar-refractivity contribution in [2.75, 3.05) is 19.4 Å². The number of unbranched alkanes of at least 4 members (excludes halogenated alkanes) is 23. The van der Waals surface area contributed by atoms with Crippen LogP contribution in [-0.4, -0.2) is 37.4 Å². The minimum Gasteiger partial charge on any atom is -0.778 e. The maximum absolute atomic E-state index is 12.5. The van der Waals surface area contributed by atoms with Crippen LogP contribution in [0.2, 0.25) is 0 Å². The van der Waals surface area contributed by atoms with Gasteiger partial charge < -0.3 is 23.5 Å². The molecule has 0 radical (unpaired) electrons. The van der Waals surface area contributed by atoms with E-state index < -0.39 is 13.7 Å². The second-order valence-electron chi connectivity index (χ2n) is 13.7. The lowest BCUT2D eigenvalue weighted by molar-refractivity contribution is -0.198. The Bertz CT molecular complexity index is 800. The van der Waals surface area contributed by atoms with E-state index in [-0.39, 0.29) is 44.2 Å². The van der Waals surface area contributed by atoms with Gasteiger partial charge in [-0.25, -0.2) is 0 Å². The summed E-state index contributed by atoms with van der Waals surface area (Å²) in [6.45, 7) is 6.06. The van der Waals surface area contributed by atoms with Crippen LogP contribution in [0.4, 0.5) is 0 Å². The molecular weight excluding hydrogens is 623 g/mol. The maximum atomic E-state index is 12.5. The Morgan fingerprint density at radius 1 is 0.583 bits per heavy atom. The van der Waals surface area contributed by atoms with Crippen LogP contribution in [0.25, 0.3) is 0 Å². The molecule has 0 aromatic carbocycles. The first-order valence-corrected chi connectivity index (χ1v) is 22.0. The molecule has 7 nitrogen and oxygen atoms in total. The molecule has 0 rings (SSSR count). The first-order chi connectivity index (χ1) is 23.3. The zero-order valence-electron chi connectivity index (χ0n) is 31.7. The smallest absolute Gasteiger partial charge is 0.306 e.